The average molecular weight is 356 g/mol. The van der Waals surface area contributed by atoms with E-state index >= 15 is 0 Å². The number of carbonyl (C=O) groups is 1. The van der Waals surface area contributed by atoms with Gasteiger partial charge in [0.05, 0.1) is 23.9 Å². The first-order valence-electron chi connectivity index (χ1n) is 8.35. The summed E-state index contributed by atoms with van der Waals surface area (Å²) in [7, 11) is 0. The molecule has 0 unspecified atom stereocenters. The van der Waals surface area contributed by atoms with Gasteiger partial charge >= 0.3 is 0 Å². The van der Waals surface area contributed by atoms with Crippen LogP contribution < -0.4 is 10.1 Å². The molecule has 7 heteroatoms. The Morgan fingerprint density at radius 2 is 2.04 bits per heavy atom. The molecule has 3 aromatic rings. The first-order valence-corrected chi connectivity index (χ1v) is 8.35. The number of halogens is 1. The van der Waals surface area contributed by atoms with Crippen molar-refractivity contribution in [1.29, 1.82) is 0 Å². The summed E-state index contributed by atoms with van der Waals surface area (Å²) in [5.74, 6) is 1.22. The van der Waals surface area contributed by atoms with E-state index in [-0.39, 0.29) is 11.7 Å². The van der Waals surface area contributed by atoms with Gasteiger partial charge in [0, 0.05) is 6.07 Å². The number of rotatable bonds is 7. The SMILES string of the molecule is O=C(NCCOc1ccc(F)cc1)C1(c2cc(-c3ccco3)on2)CC1. The van der Waals surface area contributed by atoms with Crippen molar-refractivity contribution in [1.82, 2.24) is 10.5 Å². The van der Waals surface area contributed by atoms with Crippen LogP contribution in [-0.4, -0.2) is 24.2 Å². The molecular formula is C19H17FN2O4. The summed E-state index contributed by atoms with van der Waals surface area (Å²) in [4.78, 5) is 12.6. The number of hydrogen-bond donors (Lipinski definition) is 1. The van der Waals surface area contributed by atoms with Gasteiger partial charge in [0.25, 0.3) is 0 Å². The van der Waals surface area contributed by atoms with Gasteiger partial charge in [0.15, 0.2) is 5.76 Å². The molecule has 1 amide bonds. The topological polar surface area (TPSA) is 77.5 Å². The quantitative estimate of drug-likeness (QED) is 0.657. The minimum Gasteiger partial charge on any atom is -0.492 e. The van der Waals surface area contributed by atoms with Gasteiger partial charge in [0.1, 0.15) is 18.2 Å². The van der Waals surface area contributed by atoms with Gasteiger partial charge in [-0.2, -0.15) is 0 Å². The van der Waals surface area contributed by atoms with Gasteiger partial charge in [-0.15, -0.1) is 0 Å². The summed E-state index contributed by atoms with van der Waals surface area (Å²) in [6.45, 7) is 0.644. The van der Waals surface area contributed by atoms with E-state index in [1.807, 2.05) is 0 Å². The van der Waals surface area contributed by atoms with Gasteiger partial charge in [-0.3, -0.25) is 4.79 Å². The first-order chi connectivity index (χ1) is 12.7. The molecule has 1 aliphatic rings. The van der Waals surface area contributed by atoms with E-state index in [4.69, 9.17) is 13.7 Å². The third kappa shape index (κ3) is 3.20. The molecule has 0 saturated heterocycles. The summed E-state index contributed by atoms with van der Waals surface area (Å²) < 4.78 is 28.9. The van der Waals surface area contributed by atoms with E-state index in [0.717, 1.165) is 12.8 Å². The Morgan fingerprint density at radius 1 is 1.23 bits per heavy atom. The fourth-order valence-corrected chi connectivity index (χ4v) is 2.79. The Morgan fingerprint density at radius 3 is 2.73 bits per heavy atom. The van der Waals surface area contributed by atoms with Crippen LogP contribution in [0.25, 0.3) is 11.5 Å². The Balaban J connectivity index is 1.32. The van der Waals surface area contributed by atoms with E-state index in [1.165, 1.54) is 12.1 Å². The standard InChI is InChI=1S/C19H17FN2O4/c20-13-3-5-14(6-4-13)24-11-9-21-18(23)19(7-8-19)17-12-16(26-22-17)15-2-1-10-25-15/h1-6,10,12H,7-9,11H2,(H,21,23). The van der Waals surface area contributed by atoms with E-state index in [0.29, 0.717) is 36.1 Å². The Labute approximate surface area is 148 Å². The summed E-state index contributed by atoms with van der Waals surface area (Å²) in [6.07, 6.45) is 3.00. The van der Waals surface area contributed by atoms with E-state index in [9.17, 15) is 9.18 Å². The number of amides is 1. The maximum atomic E-state index is 12.8. The zero-order valence-electron chi connectivity index (χ0n) is 13.9. The van der Waals surface area contributed by atoms with Crippen LogP contribution in [0.15, 0.2) is 57.7 Å². The third-order valence-electron chi connectivity index (χ3n) is 4.42. The van der Waals surface area contributed by atoms with Crippen LogP contribution in [0.4, 0.5) is 4.39 Å². The largest absolute Gasteiger partial charge is 0.492 e. The van der Waals surface area contributed by atoms with Crippen molar-refractivity contribution >= 4 is 5.91 Å². The molecule has 2 aromatic heterocycles. The molecule has 1 aromatic carbocycles. The van der Waals surface area contributed by atoms with Gasteiger partial charge in [-0.25, -0.2) is 4.39 Å². The van der Waals surface area contributed by atoms with Crippen LogP contribution in [0.2, 0.25) is 0 Å². The highest BCUT2D eigenvalue weighted by Crippen LogP contribution is 2.48. The summed E-state index contributed by atoms with van der Waals surface area (Å²) >= 11 is 0. The number of nitrogens with one attached hydrogen (secondary N) is 1. The number of aromatic nitrogens is 1. The van der Waals surface area contributed by atoms with Crippen LogP contribution in [0.5, 0.6) is 5.75 Å². The van der Waals surface area contributed by atoms with Crippen LogP contribution in [0.1, 0.15) is 18.5 Å². The molecule has 1 N–H and O–H groups in total. The summed E-state index contributed by atoms with van der Waals surface area (Å²) in [5.41, 5.74) is -0.0228. The summed E-state index contributed by atoms with van der Waals surface area (Å²) in [6, 6.07) is 11.0. The van der Waals surface area contributed by atoms with E-state index in [2.05, 4.69) is 10.5 Å². The summed E-state index contributed by atoms with van der Waals surface area (Å²) in [5, 5.41) is 6.92. The lowest BCUT2D eigenvalue weighted by Gasteiger charge is -2.13. The van der Waals surface area contributed by atoms with Crippen LogP contribution >= 0.6 is 0 Å². The number of hydrogen-bond acceptors (Lipinski definition) is 5. The second-order valence-electron chi connectivity index (χ2n) is 6.19. The van der Waals surface area contributed by atoms with E-state index < -0.39 is 5.41 Å². The molecule has 4 rings (SSSR count). The molecule has 0 bridgehead atoms. The van der Waals surface area contributed by atoms with Crippen molar-refractivity contribution in [3.05, 3.63) is 60.2 Å². The van der Waals surface area contributed by atoms with Crippen molar-refractivity contribution in [3.8, 4) is 17.3 Å². The first kappa shape index (κ1) is 16.4. The van der Waals surface area contributed by atoms with Crippen molar-refractivity contribution in [2.75, 3.05) is 13.2 Å². The highest BCUT2D eigenvalue weighted by Gasteiger charge is 2.53. The molecule has 1 fully saturated rings. The van der Waals surface area contributed by atoms with Gasteiger partial charge in [0.2, 0.25) is 11.7 Å². The van der Waals surface area contributed by atoms with Crippen molar-refractivity contribution < 1.29 is 22.9 Å². The molecule has 0 radical (unpaired) electrons. The number of carbonyl (C=O) groups excluding carboxylic acids is 1. The highest BCUT2D eigenvalue weighted by atomic mass is 19.1. The zero-order chi connectivity index (χ0) is 18.0. The molecule has 1 aliphatic carbocycles. The normalized spacial score (nSPS) is 14.8. The number of furan rings is 1. The van der Waals surface area contributed by atoms with Crippen LogP contribution in [0.3, 0.4) is 0 Å². The van der Waals surface area contributed by atoms with Crippen LogP contribution in [0, 0.1) is 5.82 Å². The monoisotopic (exact) mass is 356 g/mol. The molecule has 26 heavy (non-hydrogen) atoms. The number of benzene rings is 1. The zero-order valence-corrected chi connectivity index (χ0v) is 13.9. The van der Waals surface area contributed by atoms with Crippen molar-refractivity contribution in [2.45, 2.75) is 18.3 Å². The van der Waals surface area contributed by atoms with Crippen LogP contribution in [-0.2, 0) is 10.2 Å². The van der Waals surface area contributed by atoms with Gasteiger partial charge in [-0.1, -0.05) is 5.16 Å². The fraction of sp³-hybridized carbons (Fsp3) is 0.263. The molecule has 0 spiro atoms. The van der Waals surface area contributed by atoms with E-state index in [1.54, 1.807) is 36.6 Å². The molecule has 0 atom stereocenters. The Bertz CT molecular complexity index is 883. The second-order valence-corrected chi connectivity index (χ2v) is 6.19. The highest BCUT2D eigenvalue weighted by molar-refractivity contribution is 5.90. The molecular weight excluding hydrogens is 339 g/mol. The fourth-order valence-electron chi connectivity index (χ4n) is 2.79. The minimum absolute atomic E-state index is 0.0977. The predicted octanol–water partition coefficient (Wildman–Crippen LogP) is 3.30. The smallest absolute Gasteiger partial charge is 0.232 e. The number of nitrogens with zero attached hydrogens (tertiary/aromatic N) is 1. The molecule has 134 valence electrons. The van der Waals surface area contributed by atoms with Crippen molar-refractivity contribution in [2.24, 2.45) is 0 Å². The predicted molar refractivity (Wildman–Crippen MR) is 90.0 cm³/mol. The Kier molecular flexibility index (Phi) is 4.20. The molecule has 0 aliphatic heterocycles. The maximum Gasteiger partial charge on any atom is 0.232 e. The lowest BCUT2D eigenvalue weighted by atomic mass is 10.0. The van der Waals surface area contributed by atoms with Gasteiger partial charge in [-0.05, 0) is 49.2 Å². The maximum absolute atomic E-state index is 12.8. The lowest BCUT2D eigenvalue weighted by Crippen LogP contribution is -2.37. The average Bonchev–Trinajstić information content (AvgIpc) is 3.07. The second kappa shape index (κ2) is 6.67. The van der Waals surface area contributed by atoms with Gasteiger partial charge < -0.3 is 19.0 Å². The lowest BCUT2D eigenvalue weighted by molar-refractivity contribution is -0.123. The number of ether oxygens (including phenoxy) is 1. The van der Waals surface area contributed by atoms with Crippen molar-refractivity contribution in [3.63, 3.8) is 0 Å². The Hall–Kier alpha value is -3.09. The molecule has 2 heterocycles. The third-order valence-corrected chi connectivity index (χ3v) is 4.42. The molecule has 1 saturated carbocycles. The minimum atomic E-state index is -0.635. The molecule has 6 nitrogen and oxygen atoms in total.